The number of carbonyl (C=O) groups is 2. The number of nitrogens with zero attached hydrogens (tertiary/aromatic N) is 1. The molecule has 0 atom stereocenters. The van der Waals surface area contributed by atoms with Crippen LogP contribution >= 0.6 is 0 Å². The third-order valence-corrected chi connectivity index (χ3v) is 7.12. The maximum absolute atomic E-state index is 11.4. The normalized spacial score (nSPS) is 14.8. The molecular formula is C31H36N2O7. The van der Waals surface area contributed by atoms with Crippen molar-refractivity contribution < 1.29 is 34.4 Å². The number of carboxylic acids is 2. The Labute approximate surface area is 232 Å². The van der Waals surface area contributed by atoms with Crippen LogP contribution in [-0.2, 0) is 15.2 Å². The molecule has 4 aromatic rings. The summed E-state index contributed by atoms with van der Waals surface area (Å²) in [7, 11) is 0. The Balaban J connectivity index is 0.000000557. The molecule has 1 aliphatic heterocycles. The first-order valence-corrected chi connectivity index (χ1v) is 13.6. The van der Waals surface area contributed by atoms with Crippen LogP contribution in [0.3, 0.4) is 0 Å². The van der Waals surface area contributed by atoms with E-state index in [0.717, 1.165) is 90.7 Å². The van der Waals surface area contributed by atoms with Crippen LogP contribution in [0.4, 0.5) is 0 Å². The number of likely N-dealkylation sites (tertiary alicyclic amines) is 1. The Morgan fingerprint density at radius 1 is 0.925 bits per heavy atom. The second-order valence-corrected chi connectivity index (χ2v) is 9.95. The average Bonchev–Trinajstić information content (AvgIpc) is 3.45. The van der Waals surface area contributed by atoms with Gasteiger partial charge in [-0.25, -0.2) is 9.59 Å². The van der Waals surface area contributed by atoms with Gasteiger partial charge in [-0.05, 0) is 78.4 Å². The summed E-state index contributed by atoms with van der Waals surface area (Å²) in [5.41, 5.74) is 1.36. The number of benzene rings is 3. The van der Waals surface area contributed by atoms with Gasteiger partial charge in [-0.1, -0.05) is 31.2 Å². The molecule has 0 unspecified atom stereocenters. The Kier molecular flexibility index (Phi) is 9.63. The fourth-order valence-electron chi connectivity index (χ4n) is 4.91. The van der Waals surface area contributed by atoms with Gasteiger partial charge in [0, 0.05) is 36.7 Å². The molecule has 212 valence electrons. The third-order valence-electron chi connectivity index (χ3n) is 7.12. The summed E-state index contributed by atoms with van der Waals surface area (Å²) in [6.07, 6.45) is 5.41. The predicted molar refractivity (Wildman–Crippen MR) is 153 cm³/mol. The van der Waals surface area contributed by atoms with Gasteiger partial charge < -0.3 is 34.7 Å². The SMILES string of the molecule is CCCOc1ccc2cc(C3(O)CCN(CCCOc4cccc5[nH]ccc45)CC3)ccc2c1.O=C(O)C(=O)O. The number of nitrogens with one attached hydrogen (secondary N) is 1. The van der Waals surface area contributed by atoms with Crippen LogP contribution in [0.25, 0.3) is 21.7 Å². The minimum Gasteiger partial charge on any atom is -0.494 e. The number of piperidine rings is 1. The molecule has 9 heteroatoms. The summed E-state index contributed by atoms with van der Waals surface area (Å²) >= 11 is 0. The highest BCUT2D eigenvalue weighted by molar-refractivity contribution is 6.27. The molecule has 1 saturated heterocycles. The molecular weight excluding hydrogens is 512 g/mol. The van der Waals surface area contributed by atoms with Gasteiger partial charge in [0.15, 0.2) is 0 Å². The summed E-state index contributed by atoms with van der Waals surface area (Å²) in [6.45, 7) is 6.31. The van der Waals surface area contributed by atoms with Crippen LogP contribution in [-0.4, -0.2) is 70.0 Å². The Morgan fingerprint density at radius 2 is 1.65 bits per heavy atom. The number of aromatic amines is 1. The fourth-order valence-corrected chi connectivity index (χ4v) is 4.91. The first-order valence-electron chi connectivity index (χ1n) is 13.6. The molecule has 3 aromatic carbocycles. The molecule has 0 aliphatic carbocycles. The Bertz CT molecular complexity index is 1430. The number of aromatic nitrogens is 1. The lowest BCUT2D eigenvalue weighted by molar-refractivity contribution is -0.159. The standard InChI is InChI=1S/C29H34N2O3.C2H2O4/c1-2-18-33-25-10-8-22-20-24(9-7-23(22)21-25)29(32)12-16-31(17-13-29)15-4-19-34-28-6-3-5-27-26(28)11-14-30-27;3-1(4)2(5)6/h3,5-11,14,20-21,30,32H,2,4,12-13,15-19H2,1H3;(H,3,4)(H,5,6). The number of carboxylic acid groups (broad SMARTS) is 2. The highest BCUT2D eigenvalue weighted by Crippen LogP contribution is 2.35. The third kappa shape index (κ3) is 7.31. The Morgan fingerprint density at radius 3 is 2.38 bits per heavy atom. The first-order chi connectivity index (χ1) is 19.3. The van der Waals surface area contributed by atoms with Gasteiger partial charge in [0.25, 0.3) is 0 Å². The van der Waals surface area contributed by atoms with Gasteiger partial charge in [0.2, 0.25) is 0 Å². The number of H-pyrrole nitrogens is 1. The lowest BCUT2D eigenvalue weighted by atomic mass is 9.83. The second-order valence-electron chi connectivity index (χ2n) is 9.95. The zero-order valence-corrected chi connectivity index (χ0v) is 22.6. The van der Waals surface area contributed by atoms with Crippen molar-refractivity contribution in [3.8, 4) is 11.5 Å². The minimum absolute atomic E-state index is 0.694. The maximum Gasteiger partial charge on any atom is 0.414 e. The van der Waals surface area contributed by atoms with Crippen LogP contribution in [0.1, 0.15) is 38.2 Å². The predicted octanol–water partition coefficient (Wildman–Crippen LogP) is 5.02. The molecule has 9 nitrogen and oxygen atoms in total. The molecule has 1 fully saturated rings. The highest BCUT2D eigenvalue weighted by atomic mass is 16.5. The van der Waals surface area contributed by atoms with Crippen molar-refractivity contribution in [3.63, 3.8) is 0 Å². The van der Waals surface area contributed by atoms with Crippen molar-refractivity contribution in [2.24, 2.45) is 0 Å². The number of aliphatic hydroxyl groups is 1. The monoisotopic (exact) mass is 548 g/mol. The number of rotatable bonds is 9. The molecule has 1 aromatic heterocycles. The zero-order chi connectivity index (χ0) is 28.5. The Hall–Kier alpha value is -4.08. The van der Waals surface area contributed by atoms with E-state index in [9.17, 15) is 5.11 Å². The van der Waals surface area contributed by atoms with Crippen molar-refractivity contribution in [2.45, 2.75) is 38.2 Å². The van der Waals surface area contributed by atoms with Crippen molar-refractivity contribution in [3.05, 3.63) is 72.4 Å². The maximum atomic E-state index is 11.4. The summed E-state index contributed by atoms with van der Waals surface area (Å²) in [6, 6.07) is 20.7. The molecule has 1 aliphatic rings. The lowest BCUT2D eigenvalue weighted by Gasteiger charge is -2.38. The zero-order valence-electron chi connectivity index (χ0n) is 22.6. The van der Waals surface area contributed by atoms with E-state index < -0.39 is 17.5 Å². The van der Waals surface area contributed by atoms with E-state index in [1.165, 1.54) is 0 Å². The van der Waals surface area contributed by atoms with Crippen LogP contribution in [0.15, 0.2) is 66.9 Å². The number of aliphatic carboxylic acids is 2. The second kappa shape index (κ2) is 13.3. The summed E-state index contributed by atoms with van der Waals surface area (Å²) < 4.78 is 11.8. The molecule has 2 heterocycles. The van der Waals surface area contributed by atoms with Crippen molar-refractivity contribution in [1.29, 1.82) is 0 Å². The quantitative estimate of drug-likeness (QED) is 0.169. The summed E-state index contributed by atoms with van der Waals surface area (Å²) in [4.78, 5) is 23.9. The van der Waals surface area contributed by atoms with Crippen LogP contribution in [0, 0.1) is 0 Å². The van der Waals surface area contributed by atoms with E-state index in [4.69, 9.17) is 29.3 Å². The molecule has 0 spiro atoms. The molecule has 5 rings (SSSR count). The number of hydrogen-bond donors (Lipinski definition) is 4. The summed E-state index contributed by atoms with van der Waals surface area (Å²) in [5, 5.41) is 29.6. The van der Waals surface area contributed by atoms with E-state index in [1.807, 2.05) is 24.4 Å². The fraction of sp³-hybridized carbons (Fsp3) is 0.355. The number of ether oxygens (including phenoxy) is 2. The molecule has 0 radical (unpaired) electrons. The topological polar surface area (TPSA) is 132 Å². The molecule has 0 bridgehead atoms. The molecule has 4 N–H and O–H groups in total. The van der Waals surface area contributed by atoms with Crippen LogP contribution < -0.4 is 9.47 Å². The van der Waals surface area contributed by atoms with Gasteiger partial charge in [-0.3, -0.25) is 0 Å². The minimum atomic E-state index is -1.82. The van der Waals surface area contributed by atoms with E-state index in [0.29, 0.717) is 6.61 Å². The largest absolute Gasteiger partial charge is 0.494 e. The van der Waals surface area contributed by atoms with E-state index in [-0.39, 0.29) is 0 Å². The van der Waals surface area contributed by atoms with Gasteiger partial charge in [-0.2, -0.15) is 0 Å². The van der Waals surface area contributed by atoms with Gasteiger partial charge in [0.1, 0.15) is 11.5 Å². The van der Waals surface area contributed by atoms with E-state index in [2.05, 4.69) is 59.3 Å². The lowest BCUT2D eigenvalue weighted by Crippen LogP contribution is -2.43. The smallest absolute Gasteiger partial charge is 0.414 e. The van der Waals surface area contributed by atoms with Crippen molar-refractivity contribution >= 4 is 33.6 Å². The number of hydrogen-bond acceptors (Lipinski definition) is 6. The van der Waals surface area contributed by atoms with E-state index >= 15 is 0 Å². The highest BCUT2D eigenvalue weighted by Gasteiger charge is 2.33. The van der Waals surface area contributed by atoms with Gasteiger partial charge in [0.05, 0.1) is 18.8 Å². The average molecular weight is 549 g/mol. The number of fused-ring (bicyclic) bond motifs is 2. The first kappa shape index (κ1) is 28.9. The van der Waals surface area contributed by atoms with Crippen molar-refractivity contribution in [1.82, 2.24) is 9.88 Å². The van der Waals surface area contributed by atoms with Crippen LogP contribution in [0.5, 0.6) is 11.5 Å². The molecule has 0 amide bonds. The molecule has 40 heavy (non-hydrogen) atoms. The van der Waals surface area contributed by atoms with Crippen LogP contribution in [0.2, 0.25) is 0 Å². The van der Waals surface area contributed by atoms with Crippen molar-refractivity contribution in [2.75, 3.05) is 32.8 Å². The molecule has 0 saturated carbocycles. The van der Waals surface area contributed by atoms with Gasteiger partial charge >= 0.3 is 11.9 Å². The summed E-state index contributed by atoms with van der Waals surface area (Å²) in [5.74, 6) is -1.81. The van der Waals surface area contributed by atoms with Gasteiger partial charge in [-0.15, -0.1) is 0 Å². The van der Waals surface area contributed by atoms with E-state index in [1.54, 1.807) is 0 Å².